The maximum atomic E-state index is 12.1. The summed E-state index contributed by atoms with van der Waals surface area (Å²) in [5.74, 6) is 0.475. The van der Waals surface area contributed by atoms with Gasteiger partial charge in [-0.2, -0.15) is 0 Å². The SMILES string of the molecule is CNC(=O)C[NH2+][C@H](C)C(=O)Nc1ccc(OCc2ccccc2)cc1. The van der Waals surface area contributed by atoms with Crippen molar-refractivity contribution in [2.45, 2.75) is 19.6 Å². The zero-order valence-electron chi connectivity index (χ0n) is 14.5. The van der Waals surface area contributed by atoms with Crippen LogP contribution in [0.4, 0.5) is 5.69 Å². The summed E-state index contributed by atoms with van der Waals surface area (Å²) in [6.07, 6.45) is 0. The number of anilines is 1. The van der Waals surface area contributed by atoms with Crippen LogP contribution in [0.25, 0.3) is 0 Å². The summed E-state index contributed by atoms with van der Waals surface area (Å²) in [5, 5.41) is 7.04. The molecule has 4 N–H and O–H groups in total. The molecule has 2 amide bonds. The van der Waals surface area contributed by atoms with Gasteiger partial charge in [-0.25, -0.2) is 0 Å². The third kappa shape index (κ3) is 6.27. The first kappa shape index (κ1) is 18.5. The minimum atomic E-state index is -0.355. The van der Waals surface area contributed by atoms with Crippen molar-refractivity contribution in [2.75, 3.05) is 18.9 Å². The second kappa shape index (κ2) is 9.44. The Bertz CT molecular complexity index is 687. The van der Waals surface area contributed by atoms with E-state index in [0.29, 0.717) is 12.3 Å². The topological polar surface area (TPSA) is 84.0 Å². The maximum Gasteiger partial charge on any atom is 0.282 e. The molecule has 0 aromatic heterocycles. The molecule has 1 atom stereocenters. The van der Waals surface area contributed by atoms with E-state index in [4.69, 9.17) is 4.74 Å². The standard InChI is InChI=1S/C19H23N3O3/c1-14(21-12-18(23)20-2)19(24)22-16-8-10-17(11-9-16)25-13-15-6-4-3-5-7-15/h3-11,14,21H,12-13H2,1-2H3,(H,20,23)(H,22,24)/p+1/t14-/m1/s1. The number of carbonyl (C=O) groups is 2. The van der Waals surface area contributed by atoms with E-state index in [1.165, 1.54) is 0 Å². The molecule has 0 unspecified atom stereocenters. The van der Waals surface area contributed by atoms with E-state index in [1.54, 1.807) is 31.4 Å². The van der Waals surface area contributed by atoms with E-state index in [9.17, 15) is 9.59 Å². The van der Waals surface area contributed by atoms with Crippen molar-refractivity contribution < 1.29 is 19.6 Å². The van der Waals surface area contributed by atoms with Crippen molar-refractivity contribution in [3.8, 4) is 5.75 Å². The van der Waals surface area contributed by atoms with Crippen molar-refractivity contribution in [2.24, 2.45) is 0 Å². The predicted molar refractivity (Wildman–Crippen MR) is 96.2 cm³/mol. The number of hydrogen-bond acceptors (Lipinski definition) is 3. The van der Waals surface area contributed by atoms with Gasteiger partial charge in [0.25, 0.3) is 11.8 Å². The molecule has 0 radical (unpaired) electrons. The molecule has 2 aromatic rings. The molecule has 2 aromatic carbocycles. The highest BCUT2D eigenvalue weighted by molar-refractivity contribution is 5.93. The molecule has 6 heteroatoms. The Kier molecular flexibility index (Phi) is 6.98. The summed E-state index contributed by atoms with van der Waals surface area (Å²) in [7, 11) is 1.57. The summed E-state index contributed by atoms with van der Waals surface area (Å²) in [5.41, 5.74) is 1.79. The summed E-state index contributed by atoms with van der Waals surface area (Å²) in [4.78, 5) is 23.3. The Balaban J connectivity index is 1.81. The van der Waals surface area contributed by atoms with Crippen molar-refractivity contribution in [1.29, 1.82) is 0 Å². The highest BCUT2D eigenvalue weighted by atomic mass is 16.5. The van der Waals surface area contributed by atoms with Gasteiger partial charge in [-0.05, 0) is 36.8 Å². The molecule has 0 heterocycles. The van der Waals surface area contributed by atoms with Crippen LogP contribution in [0.15, 0.2) is 54.6 Å². The number of likely N-dealkylation sites (N-methyl/N-ethyl adjacent to an activating group) is 1. The van der Waals surface area contributed by atoms with Gasteiger partial charge in [0, 0.05) is 12.7 Å². The van der Waals surface area contributed by atoms with Crippen LogP contribution in [0.3, 0.4) is 0 Å². The number of carbonyl (C=O) groups excluding carboxylic acids is 2. The van der Waals surface area contributed by atoms with Crippen LogP contribution in [-0.4, -0.2) is 31.4 Å². The van der Waals surface area contributed by atoms with Gasteiger partial charge >= 0.3 is 0 Å². The number of hydrogen-bond donors (Lipinski definition) is 3. The number of quaternary nitrogens is 1. The average Bonchev–Trinajstić information content (AvgIpc) is 2.66. The Morgan fingerprint density at radius 3 is 2.40 bits per heavy atom. The number of ether oxygens (including phenoxy) is 1. The summed E-state index contributed by atoms with van der Waals surface area (Å²) in [6, 6.07) is 16.8. The molecular weight excluding hydrogens is 318 g/mol. The Morgan fingerprint density at radius 1 is 1.08 bits per heavy atom. The minimum Gasteiger partial charge on any atom is -0.489 e. The fraction of sp³-hybridized carbons (Fsp3) is 0.263. The van der Waals surface area contributed by atoms with Crippen molar-refractivity contribution in [3.63, 3.8) is 0 Å². The van der Waals surface area contributed by atoms with E-state index in [2.05, 4.69) is 10.6 Å². The lowest BCUT2D eigenvalue weighted by molar-refractivity contribution is -0.662. The number of nitrogens with two attached hydrogens (primary N) is 1. The lowest BCUT2D eigenvalue weighted by Crippen LogP contribution is -2.93. The quantitative estimate of drug-likeness (QED) is 0.666. The molecular formula is C19H24N3O3+. The minimum absolute atomic E-state index is 0.112. The van der Waals surface area contributed by atoms with Crippen LogP contribution in [0.1, 0.15) is 12.5 Å². The third-order valence-corrected chi connectivity index (χ3v) is 3.72. The molecule has 0 aliphatic rings. The Morgan fingerprint density at radius 2 is 1.76 bits per heavy atom. The second-order valence-corrected chi connectivity index (χ2v) is 5.69. The average molecular weight is 342 g/mol. The van der Waals surface area contributed by atoms with Crippen LogP contribution in [0, 0.1) is 0 Å². The van der Waals surface area contributed by atoms with Gasteiger partial charge in [-0.15, -0.1) is 0 Å². The van der Waals surface area contributed by atoms with Crippen LogP contribution in [0.2, 0.25) is 0 Å². The molecule has 0 aliphatic heterocycles. The van der Waals surface area contributed by atoms with Crippen molar-refractivity contribution >= 4 is 17.5 Å². The molecule has 0 spiro atoms. The maximum absolute atomic E-state index is 12.1. The molecule has 0 saturated heterocycles. The lowest BCUT2D eigenvalue weighted by atomic mass is 10.2. The molecule has 2 rings (SSSR count). The number of rotatable bonds is 8. The fourth-order valence-corrected chi connectivity index (χ4v) is 2.12. The van der Waals surface area contributed by atoms with E-state index in [0.717, 1.165) is 11.3 Å². The molecule has 132 valence electrons. The third-order valence-electron chi connectivity index (χ3n) is 3.72. The van der Waals surface area contributed by atoms with E-state index >= 15 is 0 Å². The van der Waals surface area contributed by atoms with Gasteiger partial charge in [0.15, 0.2) is 12.6 Å². The predicted octanol–water partition coefficient (Wildman–Crippen LogP) is 0.902. The first-order valence-electron chi connectivity index (χ1n) is 8.20. The van der Waals surface area contributed by atoms with Crippen molar-refractivity contribution in [3.05, 3.63) is 60.2 Å². The number of benzene rings is 2. The van der Waals surface area contributed by atoms with Gasteiger partial charge in [-0.1, -0.05) is 30.3 Å². The van der Waals surface area contributed by atoms with Crippen LogP contribution in [0.5, 0.6) is 5.75 Å². The normalized spacial score (nSPS) is 11.4. The summed E-state index contributed by atoms with van der Waals surface area (Å²) < 4.78 is 5.71. The van der Waals surface area contributed by atoms with E-state index < -0.39 is 0 Å². The largest absolute Gasteiger partial charge is 0.489 e. The number of amides is 2. The van der Waals surface area contributed by atoms with Crippen LogP contribution < -0.4 is 20.7 Å². The zero-order valence-corrected chi connectivity index (χ0v) is 14.5. The van der Waals surface area contributed by atoms with E-state index in [1.807, 2.05) is 42.5 Å². The van der Waals surface area contributed by atoms with Crippen LogP contribution in [-0.2, 0) is 16.2 Å². The molecule has 0 saturated carbocycles. The van der Waals surface area contributed by atoms with E-state index in [-0.39, 0.29) is 24.4 Å². The highest BCUT2D eigenvalue weighted by Crippen LogP contribution is 2.17. The van der Waals surface area contributed by atoms with Gasteiger partial charge in [0.1, 0.15) is 12.4 Å². The zero-order chi connectivity index (χ0) is 18.1. The molecule has 0 fully saturated rings. The lowest BCUT2D eigenvalue weighted by Gasteiger charge is -2.12. The van der Waals surface area contributed by atoms with Crippen LogP contribution >= 0.6 is 0 Å². The summed E-state index contributed by atoms with van der Waals surface area (Å²) in [6.45, 7) is 2.48. The van der Waals surface area contributed by atoms with Gasteiger partial charge in [0.2, 0.25) is 0 Å². The molecule has 25 heavy (non-hydrogen) atoms. The Labute approximate surface area is 147 Å². The smallest absolute Gasteiger partial charge is 0.282 e. The van der Waals surface area contributed by atoms with Gasteiger partial charge in [-0.3, -0.25) is 9.59 Å². The van der Waals surface area contributed by atoms with Gasteiger partial charge in [0.05, 0.1) is 0 Å². The monoisotopic (exact) mass is 342 g/mol. The molecule has 0 aliphatic carbocycles. The summed E-state index contributed by atoms with van der Waals surface area (Å²) >= 11 is 0. The second-order valence-electron chi connectivity index (χ2n) is 5.69. The highest BCUT2D eigenvalue weighted by Gasteiger charge is 2.17. The fourth-order valence-electron chi connectivity index (χ4n) is 2.12. The molecule has 6 nitrogen and oxygen atoms in total. The molecule has 0 bridgehead atoms. The first-order valence-corrected chi connectivity index (χ1v) is 8.20. The Hall–Kier alpha value is -2.86. The van der Waals surface area contributed by atoms with Crippen molar-refractivity contribution in [1.82, 2.24) is 5.32 Å². The van der Waals surface area contributed by atoms with Gasteiger partial charge < -0.3 is 20.7 Å². The first-order chi connectivity index (χ1) is 12.1. The number of nitrogens with one attached hydrogen (secondary N) is 2.